The van der Waals surface area contributed by atoms with Gasteiger partial charge in [-0.3, -0.25) is 4.72 Å². The van der Waals surface area contributed by atoms with Crippen LogP contribution >= 0.6 is 11.3 Å². The van der Waals surface area contributed by atoms with Gasteiger partial charge in [-0.05, 0) is 24.1 Å². The third-order valence-electron chi connectivity index (χ3n) is 2.55. The molecular formula is C12H15FN4O2S2. The molecule has 0 aliphatic carbocycles. The second kappa shape index (κ2) is 5.94. The summed E-state index contributed by atoms with van der Waals surface area (Å²) in [6, 6.07) is 3.30. The van der Waals surface area contributed by atoms with E-state index in [-0.39, 0.29) is 15.7 Å². The zero-order valence-electron chi connectivity index (χ0n) is 11.5. The maximum atomic E-state index is 13.4. The van der Waals surface area contributed by atoms with E-state index in [0.717, 1.165) is 28.8 Å². The molecule has 9 heteroatoms. The van der Waals surface area contributed by atoms with Crippen LogP contribution in [0.25, 0.3) is 0 Å². The maximum Gasteiger partial charge on any atom is 0.263 e. The van der Waals surface area contributed by atoms with Gasteiger partial charge in [0.25, 0.3) is 10.0 Å². The molecule has 0 atom stereocenters. The minimum Gasteiger partial charge on any atom is -0.396 e. The van der Waals surface area contributed by atoms with Gasteiger partial charge in [0.15, 0.2) is 0 Å². The summed E-state index contributed by atoms with van der Waals surface area (Å²) in [4.78, 5) is -0.213. The number of aromatic nitrogens is 2. The predicted octanol–water partition coefficient (Wildman–Crippen LogP) is 2.26. The van der Waals surface area contributed by atoms with Crippen molar-refractivity contribution in [1.82, 2.24) is 10.2 Å². The van der Waals surface area contributed by atoms with Crippen molar-refractivity contribution in [2.45, 2.75) is 25.2 Å². The number of anilines is 2. The summed E-state index contributed by atoms with van der Waals surface area (Å²) in [5.41, 5.74) is 5.22. The standard InChI is InChI=1S/C12H15FN4O2S2/c1-7(2)5-11-15-16-12(20-11)17-21(18,19)8-3-4-10(14)9(13)6-8/h3-4,6-7H,5,14H2,1-2H3,(H,16,17). The normalized spacial score (nSPS) is 11.8. The zero-order valence-corrected chi connectivity index (χ0v) is 13.1. The highest BCUT2D eigenvalue weighted by atomic mass is 32.2. The highest BCUT2D eigenvalue weighted by Crippen LogP contribution is 2.23. The number of nitrogens with zero attached hydrogens (tertiary/aromatic N) is 2. The third-order valence-corrected chi connectivity index (χ3v) is 4.88. The van der Waals surface area contributed by atoms with Crippen LogP contribution in [0.15, 0.2) is 23.1 Å². The van der Waals surface area contributed by atoms with Gasteiger partial charge in [0.1, 0.15) is 10.8 Å². The molecule has 21 heavy (non-hydrogen) atoms. The SMILES string of the molecule is CC(C)Cc1nnc(NS(=O)(=O)c2ccc(N)c(F)c2)s1. The Kier molecular flexibility index (Phi) is 4.43. The van der Waals surface area contributed by atoms with E-state index >= 15 is 0 Å². The molecule has 0 saturated heterocycles. The van der Waals surface area contributed by atoms with Gasteiger partial charge in [0.05, 0.1) is 10.6 Å². The summed E-state index contributed by atoms with van der Waals surface area (Å²) in [7, 11) is -3.91. The molecule has 3 N–H and O–H groups in total. The molecule has 0 aliphatic rings. The molecular weight excluding hydrogens is 315 g/mol. The molecule has 0 unspecified atom stereocenters. The zero-order chi connectivity index (χ0) is 15.6. The van der Waals surface area contributed by atoms with Gasteiger partial charge >= 0.3 is 0 Å². The van der Waals surface area contributed by atoms with E-state index in [2.05, 4.69) is 14.9 Å². The van der Waals surface area contributed by atoms with Crippen molar-refractivity contribution < 1.29 is 12.8 Å². The Labute approximate surface area is 126 Å². The van der Waals surface area contributed by atoms with Crippen molar-refractivity contribution >= 4 is 32.2 Å². The molecule has 0 spiro atoms. The van der Waals surface area contributed by atoms with Gasteiger partial charge in [-0.15, -0.1) is 10.2 Å². The first-order chi connectivity index (χ1) is 9.78. The number of halogens is 1. The van der Waals surface area contributed by atoms with Gasteiger partial charge in [-0.25, -0.2) is 12.8 Å². The first-order valence-electron chi connectivity index (χ1n) is 6.18. The Morgan fingerprint density at radius 2 is 2.10 bits per heavy atom. The van der Waals surface area contributed by atoms with Crippen LogP contribution in [0.5, 0.6) is 0 Å². The smallest absolute Gasteiger partial charge is 0.263 e. The van der Waals surface area contributed by atoms with Crippen LogP contribution in [0, 0.1) is 11.7 Å². The summed E-state index contributed by atoms with van der Waals surface area (Å²) in [6.07, 6.45) is 0.718. The number of nitrogen functional groups attached to an aromatic ring is 1. The summed E-state index contributed by atoms with van der Waals surface area (Å²) in [5.74, 6) is -0.385. The molecule has 1 aromatic heterocycles. The average Bonchev–Trinajstić information content (AvgIpc) is 2.78. The van der Waals surface area contributed by atoms with Crippen LogP contribution < -0.4 is 10.5 Å². The summed E-state index contributed by atoms with van der Waals surface area (Å²) >= 11 is 1.16. The van der Waals surface area contributed by atoms with Crippen molar-refractivity contribution in [1.29, 1.82) is 0 Å². The number of rotatable bonds is 5. The largest absolute Gasteiger partial charge is 0.396 e. The fourth-order valence-electron chi connectivity index (χ4n) is 1.58. The summed E-state index contributed by atoms with van der Waals surface area (Å²) in [6.45, 7) is 4.06. The summed E-state index contributed by atoms with van der Waals surface area (Å²) in [5, 5.41) is 8.59. The minimum absolute atomic E-state index is 0.107. The summed E-state index contributed by atoms with van der Waals surface area (Å²) < 4.78 is 39.9. The second-order valence-electron chi connectivity index (χ2n) is 4.89. The Hall–Kier alpha value is -1.74. The molecule has 2 rings (SSSR count). The molecule has 114 valence electrons. The van der Waals surface area contributed by atoms with E-state index in [4.69, 9.17) is 5.73 Å². The van der Waals surface area contributed by atoms with Crippen LogP contribution in [0.2, 0.25) is 0 Å². The van der Waals surface area contributed by atoms with Crippen molar-refractivity contribution in [3.05, 3.63) is 29.0 Å². The second-order valence-corrected chi connectivity index (χ2v) is 7.63. The fourth-order valence-corrected chi connectivity index (χ4v) is 3.77. The molecule has 1 heterocycles. The Bertz CT molecular complexity index is 743. The Morgan fingerprint density at radius 3 is 2.71 bits per heavy atom. The van der Waals surface area contributed by atoms with Crippen molar-refractivity contribution in [3.63, 3.8) is 0 Å². The quantitative estimate of drug-likeness (QED) is 0.819. The Balaban J connectivity index is 2.20. The lowest BCUT2D eigenvalue weighted by molar-refractivity contribution is 0.596. The Morgan fingerprint density at radius 1 is 1.38 bits per heavy atom. The van der Waals surface area contributed by atoms with Crippen LogP contribution in [0.3, 0.4) is 0 Å². The maximum absolute atomic E-state index is 13.4. The number of nitrogens with one attached hydrogen (secondary N) is 1. The highest BCUT2D eigenvalue weighted by Gasteiger charge is 2.18. The van der Waals surface area contributed by atoms with Gasteiger partial charge in [0, 0.05) is 6.42 Å². The van der Waals surface area contributed by atoms with Crippen molar-refractivity contribution in [3.8, 4) is 0 Å². The first-order valence-corrected chi connectivity index (χ1v) is 8.48. The molecule has 0 aliphatic heterocycles. The molecule has 0 saturated carbocycles. The van der Waals surface area contributed by atoms with E-state index in [1.807, 2.05) is 13.8 Å². The average molecular weight is 330 g/mol. The molecule has 0 bridgehead atoms. The van der Waals surface area contributed by atoms with Gasteiger partial charge < -0.3 is 5.73 Å². The molecule has 0 fully saturated rings. The molecule has 1 aromatic carbocycles. The number of nitrogens with two attached hydrogens (primary N) is 1. The van der Waals surface area contributed by atoms with Gasteiger partial charge in [-0.2, -0.15) is 0 Å². The number of hydrogen-bond donors (Lipinski definition) is 2. The number of sulfonamides is 1. The fraction of sp³-hybridized carbons (Fsp3) is 0.333. The van der Waals surface area contributed by atoms with Crippen LogP contribution in [0.4, 0.5) is 15.2 Å². The van der Waals surface area contributed by atoms with E-state index in [1.54, 1.807) is 0 Å². The lowest BCUT2D eigenvalue weighted by Crippen LogP contribution is -2.13. The van der Waals surface area contributed by atoms with Crippen molar-refractivity contribution in [2.24, 2.45) is 5.92 Å². The van der Waals surface area contributed by atoms with Gasteiger partial charge in [-0.1, -0.05) is 25.2 Å². The van der Waals surface area contributed by atoms with Crippen LogP contribution in [0.1, 0.15) is 18.9 Å². The molecule has 0 amide bonds. The van der Waals surface area contributed by atoms with E-state index < -0.39 is 15.8 Å². The minimum atomic E-state index is -3.91. The van der Waals surface area contributed by atoms with Crippen molar-refractivity contribution in [2.75, 3.05) is 10.5 Å². The molecule has 0 radical (unpaired) electrons. The third kappa shape index (κ3) is 3.88. The van der Waals surface area contributed by atoms with Crippen LogP contribution in [-0.2, 0) is 16.4 Å². The van der Waals surface area contributed by atoms with E-state index in [0.29, 0.717) is 5.92 Å². The lowest BCUT2D eigenvalue weighted by atomic mass is 10.1. The topological polar surface area (TPSA) is 98.0 Å². The predicted molar refractivity (Wildman–Crippen MR) is 80.1 cm³/mol. The molecule has 6 nitrogen and oxygen atoms in total. The monoisotopic (exact) mass is 330 g/mol. The molecule has 2 aromatic rings. The van der Waals surface area contributed by atoms with Crippen LogP contribution in [-0.4, -0.2) is 18.6 Å². The van der Waals surface area contributed by atoms with E-state index in [9.17, 15) is 12.8 Å². The first kappa shape index (κ1) is 15.6. The lowest BCUT2D eigenvalue weighted by Gasteiger charge is -2.05. The highest BCUT2D eigenvalue weighted by molar-refractivity contribution is 7.93. The van der Waals surface area contributed by atoms with Gasteiger partial charge in [0.2, 0.25) is 5.13 Å². The van der Waals surface area contributed by atoms with E-state index in [1.165, 1.54) is 12.1 Å². The number of benzene rings is 1. The number of hydrogen-bond acceptors (Lipinski definition) is 6.